The molecule has 0 aromatic carbocycles. The largest absolute Gasteiger partial charge is 0.329 e. The Morgan fingerprint density at radius 1 is 1.53 bits per heavy atom. The molecule has 0 aliphatic heterocycles. The van der Waals surface area contributed by atoms with Gasteiger partial charge in [0.15, 0.2) is 0 Å². The highest BCUT2D eigenvalue weighted by molar-refractivity contribution is 7.10. The number of hydrogen-bond acceptors (Lipinski definition) is 3. The summed E-state index contributed by atoms with van der Waals surface area (Å²) < 4.78 is 0. The molecule has 0 radical (unpaired) electrons. The van der Waals surface area contributed by atoms with E-state index in [-0.39, 0.29) is 6.04 Å². The minimum atomic E-state index is 0.245. The fraction of sp³-hybridized carbons (Fsp3) is 0.538. The van der Waals surface area contributed by atoms with Gasteiger partial charge in [0.05, 0.1) is 11.1 Å². The first-order chi connectivity index (χ1) is 8.29. The van der Waals surface area contributed by atoms with Crippen molar-refractivity contribution in [3.05, 3.63) is 33.0 Å². The molecule has 1 aromatic heterocycles. The van der Waals surface area contributed by atoms with E-state index >= 15 is 0 Å². The Balaban J connectivity index is 1.79. The van der Waals surface area contributed by atoms with Crippen LogP contribution in [0.3, 0.4) is 0 Å². The highest BCUT2D eigenvalue weighted by Crippen LogP contribution is 2.25. The van der Waals surface area contributed by atoms with Gasteiger partial charge in [-0.15, -0.1) is 11.3 Å². The molecule has 0 saturated heterocycles. The zero-order valence-electron chi connectivity index (χ0n) is 9.92. The summed E-state index contributed by atoms with van der Waals surface area (Å²) in [6, 6.07) is 2.25. The number of nitrogens with one attached hydrogen (secondary N) is 1. The SMILES string of the molecule is NCC(NCCC1=CCCC1)c1cc(Cl)cs1. The van der Waals surface area contributed by atoms with Crippen molar-refractivity contribution >= 4 is 22.9 Å². The lowest BCUT2D eigenvalue weighted by atomic mass is 10.1. The predicted molar refractivity (Wildman–Crippen MR) is 75.7 cm³/mol. The topological polar surface area (TPSA) is 38.0 Å². The molecule has 0 fully saturated rings. The van der Waals surface area contributed by atoms with E-state index < -0.39 is 0 Å². The Hall–Kier alpha value is -0.350. The molecule has 2 rings (SSSR count). The number of rotatable bonds is 6. The molecule has 0 bridgehead atoms. The standard InChI is InChI=1S/C13H19ClN2S/c14-11-7-13(17-9-11)12(8-15)16-6-5-10-3-1-2-4-10/h3,7,9,12,16H,1-2,4-6,8,15H2. The second-order valence-electron chi connectivity index (χ2n) is 4.41. The molecule has 94 valence electrons. The Morgan fingerprint density at radius 2 is 2.41 bits per heavy atom. The zero-order valence-corrected chi connectivity index (χ0v) is 11.5. The van der Waals surface area contributed by atoms with Crippen molar-refractivity contribution in [1.29, 1.82) is 0 Å². The van der Waals surface area contributed by atoms with E-state index in [1.54, 1.807) is 16.9 Å². The highest BCUT2D eigenvalue weighted by atomic mass is 35.5. The van der Waals surface area contributed by atoms with Gasteiger partial charge in [-0.25, -0.2) is 0 Å². The number of hydrogen-bond donors (Lipinski definition) is 2. The molecular weight excluding hydrogens is 252 g/mol. The van der Waals surface area contributed by atoms with E-state index in [0.717, 1.165) is 18.0 Å². The van der Waals surface area contributed by atoms with Crippen LogP contribution in [-0.4, -0.2) is 13.1 Å². The molecule has 0 amide bonds. The smallest absolute Gasteiger partial charge is 0.0539 e. The van der Waals surface area contributed by atoms with Gasteiger partial charge < -0.3 is 11.1 Å². The van der Waals surface area contributed by atoms with Crippen molar-refractivity contribution in [2.24, 2.45) is 5.73 Å². The minimum absolute atomic E-state index is 0.245. The molecule has 1 aliphatic rings. The molecule has 1 aliphatic carbocycles. The third-order valence-corrected chi connectivity index (χ3v) is 4.53. The van der Waals surface area contributed by atoms with Crippen molar-refractivity contribution in [2.75, 3.05) is 13.1 Å². The van der Waals surface area contributed by atoms with E-state index in [1.165, 1.54) is 24.1 Å². The second-order valence-corrected chi connectivity index (χ2v) is 5.79. The summed E-state index contributed by atoms with van der Waals surface area (Å²) >= 11 is 7.61. The van der Waals surface area contributed by atoms with Crippen molar-refractivity contribution in [1.82, 2.24) is 5.32 Å². The van der Waals surface area contributed by atoms with Gasteiger partial charge in [0.25, 0.3) is 0 Å². The lowest BCUT2D eigenvalue weighted by Crippen LogP contribution is -2.28. The van der Waals surface area contributed by atoms with Crippen molar-refractivity contribution in [3.8, 4) is 0 Å². The molecule has 1 unspecified atom stereocenters. The lowest BCUT2D eigenvalue weighted by Gasteiger charge is -2.15. The fourth-order valence-corrected chi connectivity index (χ4v) is 3.35. The Bertz CT molecular complexity index is 387. The van der Waals surface area contributed by atoms with Crippen LogP contribution in [0.4, 0.5) is 0 Å². The maximum Gasteiger partial charge on any atom is 0.0539 e. The van der Waals surface area contributed by atoms with E-state index in [1.807, 2.05) is 11.4 Å². The van der Waals surface area contributed by atoms with Crippen LogP contribution in [0.15, 0.2) is 23.1 Å². The van der Waals surface area contributed by atoms with E-state index in [0.29, 0.717) is 6.54 Å². The van der Waals surface area contributed by atoms with Crippen LogP contribution in [0, 0.1) is 0 Å². The van der Waals surface area contributed by atoms with Gasteiger partial charge in [-0.05, 0) is 38.3 Å². The van der Waals surface area contributed by atoms with E-state index in [2.05, 4.69) is 11.4 Å². The molecule has 1 atom stereocenters. The number of thiophene rings is 1. The zero-order chi connectivity index (χ0) is 12.1. The van der Waals surface area contributed by atoms with E-state index in [4.69, 9.17) is 17.3 Å². The fourth-order valence-electron chi connectivity index (χ4n) is 2.18. The molecule has 1 heterocycles. The van der Waals surface area contributed by atoms with E-state index in [9.17, 15) is 0 Å². The normalized spacial score (nSPS) is 17.2. The molecule has 17 heavy (non-hydrogen) atoms. The summed E-state index contributed by atoms with van der Waals surface area (Å²) in [5.74, 6) is 0. The molecule has 1 aromatic rings. The third-order valence-electron chi connectivity index (χ3n) is 3.14. The molecule has 2 nitrogen and oxygen atoms in total. The van der Waals surface area contributed by atoms with Crippen LogP contribution in [0.1, 0.15) is 36.6 Å². The van der Waals surface area contributed by atoms with Gasteiger partial charge in [-0.1, -0.05) is 23.3 Å². The monoisotopic (exact) mass is 270 g/mol. The van der Waals surface area contributed by atoms with Crippen molar-refractivity contribution < 1.29 is 0 Å². The van der Waals surface area contributed by atoms with Gasteiger partial charge in [-0.3, -0.25) is 0 Å². The van der Waals surface area contributed by atoms with Crippen LogP contribution >= 0.6 is 22.9 Å². The summed E-state index contributed by atoms with van der Waals surface area (Å²) in [7, 11) is 0. The van der Waals surface area contributed by atoms with Crippen LogP contribution in [0.5, 0.6) is 0 Å². The summed E-state index contributed by atoms with van der Waals surface area (Å²) in [5.41, 5.74) is 7.39. The van der Waals surface area contributed by atoms with Crippen molar-refractivity contribution in [3.63, 3.8) is 0 Å². The quantitative estimate of drug-likeness (QED) is 0.777. The van der Waals surface area contributed by atoms with Crippen LogP contribution in [0.2, 0.25) is 5.02 Å². The molecule has 3 N–H and O–H groups in total. The van der Waals surface area contributed by atoms with Gasteiger partial charge in [0, 0.05) is 16.8 Å². The Morgan fingerprint density at radius 3 is 3.00 bits per heavy atom. The maximum absolute atomic E-state index is 5.93. The van der Waals surface area contributed by atoms with Gasteiger partial charge >= 0.3 is 0 Å². The molecular formula is C13H19ClN2S. The van der Waals surface area contributed by atoms with Crippen molar-refractivity contribution in [2.45, 2.75) is 31.7 Å². The second kappa shape index (κ2) is 6.55. The number of halogens is 1. The first-order valence-corrected chi connectivity index (χ1v) is 7.40. The number of allylic oxidation sites excluding steroid dienone is 1. The average molecular weight is 271 g/mol. The molecule has 0 spiro atoms. The summed E-state index contributed by atoms with van der Waals surface area (Å²) in [4.78, 5) is 1.23. The first-order valence-electron chi connectivity index (χ1n) is 6.15. The maximum atomic E-state index is 5.93. The molecule has 4 heteroatoms. The molecule has 0 saturated carbocycles. The third kappa shape index (κ3) is 3.81. The Kier molecular flexibility index (Phi) is 5.04. The lowest BCUT2D eigenvalue weighted by molar-refractivity contribution is 0.549. The summed E-state index contributed by atoms with van der Waals surface area (Å²) in [6.07, 6.45) is 7.39. The number of nitrogens with two attached hydrogens (primary N) is 1. The van der Waals surface area contributed by atoms with Crippen LogP contribution < -0.4 is 11.1 Å². The average Bonchev–Trinajstić information content (AvgIpc) is 2.96. The van der Waals surface area contributed by atoms with Crippen LogP contribution in [0.25, 0.3) is 0 Å². The summed E-state index contributed by atoms with van der Waals surface area (Å²) in [6.45, 7) is 1.62. The highest BCUT2D eigenvalue weighted by Gasteiger charge is 2.12. The van der Waals surface area contributed by atoms with Crippen LogP contribution in [-0.2, 0) is 0 Å². The predicted octanol–water partition coefficient (Wildman–Crippen LogP) is 3.49. The summed E-state index contributed by atoms with van der Waals surface area (Å²) in [5, 5.41) is 6.28. The minimum Gasteiger partial charge on any atom is -0.329 e. The first kappa shape index (κ1) is 13.1. The van der Waals surface area contributed by atoms with Gasteiger partial charge in [0.1, 0.15) is 0 Å². The Labute approximate surface area is 112 Å². The van der Waals surface area contributed by atoms with Gasteiger partial charge in [0.2, 0.25) is 0 Å². The van der Waals surface area contributed by atoms with Gasteiger partial charge in [-0.2, -0.15) is 0 Å².